The monoisotopic (exact) mass is 433 g/mol. The van der Waals surface area contributed by atoms with Gasteiger partial charge in [0.2, 0.25) is 15.9 Å². The second kappa shape index (κ2) is 7.89. The minimum atomic E-state index is -3.20. The summed E-state index contributed by atoms with van der Waals surface area (Å²) in [6, 6.07) is 9.33. The number of anilines is 2. The van der Waals surface area contributed by atoms with Crippen LogP contribution in [0.1, 0.15) is 28.1 Å². The van der Waals surface area contributed by atoms with E-state index in [0.29, 0.717) is 38.2 Å². The third-order valence-electron chi connectivity index (χ3n) is 5.51. The highest BCUT2D eigenvalue weighted by Gasteiger charge is 2.30. The first-order chi connectivity index (χ1) is 13.8. The average molecular weight is 434 g/mol. The smallest absolute Gasteiger partial charge is 0.268 e. The Kier molecular flexibility index (Phi) is 5.46. The lowest BCUT2D eigenvalue weighted by atomic mass is 9.97. The number of rotatable bonds is 4. The molecule has 0 aliphatic carbocycles. The van der Waals surface area contributed by atoms with Crippen molar-refractivity contribution in [3.05, 3.63) is 46.2 Å². The summed E-state index contributed by atoms with van der Waals surface area (Å²) in [6.07, 6.45) is 2.99. The summed E-state index contributed by atoms with van der Waals surface area (Å²) in [5, 5.41) is 4.85. The highest BCUT2D eigenvalue weighted by atomic mass is 32.2. The lowest BCUT2D eigenvalue weighted by Crippen LogP contribution is -2.40. The Morgan fingerprint density at radius 2 is 1.90 bits per heavy atom. The molecule has 3 heterocycles. The molecule has 29 heavy (non-hydrogen) atoms. The third kappa shape index (κ3) is 4.22. The molecule has 1 aromatic heterocycles. The van der Waals surface area contributed by atoms with Crippen LogP contribution in [0.15, 0.2) is 35.7 Å². The van der Waals surface area contributed by atoms with E-state index >= 15 is 0 Å². The first kappa shape index (κ1) is 20.1. The van der Waals surface area contributed by atoms with E-state index in [2.05, 4.69) is 5.32 Å². The SMILES string of the molecule is CS(=O)(=O)N1CCC(C(=O)Nc2ccc3c(c2)CCN3C(=O)c2cccs2)CC1. The molecule has 154 valence electrons. The van der Waals surface area contributed by atoms with Crippen LogP contribution in [0.5, 0.6) is 0 Å². The molecule has 2 aromatic rings. The molecule has 0 atom stereocenters. The Hall–Kier alpha value is -2.23. The van der Waals surface area contributed by atoms with Gasteiger partial charge < -0.3 is 10.2 Å². The molecule has 4 rings (SSSR count). The Labute approximate surface area is 174 Å². The van der Waals surface area contributed by atoms with Gasteiger partial charge in [0.1, 0.15) is 0 Å². The minimum Gasteiger partial charge on any atom is -0.326 e. The number of piperidine rings is 1. The van der Waals surface area contributed by atoms with E-state index in [4.69, 9.17) is 0 Å². The quantitative estimate of drug-likeness (QED) is 0.803. The van der Waals surface area contributed by atoms with Gasteiger partial charge in [-0.05, 0) is 54.5 Å². The first-order valence-corrected chi connectivity index (χ1v) is 12.3. The molecule has 2 aliphatic heterocycles. The lowest BCUT2D eigenvalue weighted by Gasteiger charge is -2.29. The summed E-state index contributed by atoms with van der Waals surface area (Å²) in [4.78, 5) is 27.8. The Morgan fingerprint density at radius 3 is 2.55 bits per heavy atom. The van der Waals surface area contributed by atoms with Crippen molar-refractivity contribution < 1.29 is 18.0 Å². The number of nitrogens with one attached hydrogen (secondary N) is 1. The topological polar surface area (TPSA) is 86.8 Å². The van der Waals surface area contributed by atoms with Gasteiger partial charge in [0.05, 0.1) is 11.1 Å². The summed E-state index contributed by atoms with van der Waals surface area (Å²) in [7, 11) is -3.20. The molecule has 0 saturated carbocycles. The zero-order valence-corrected chi connectivity index (χ0v) is 17.8. The number of carbonyl (C=O) groups is 2. The van der Waals surface area contributed by atoms with Crippen molar-refractivity contribution in [1.82, 2.24) is 4.31 Å². The summed E-state index contributed by atoms with van der Waals surface area (Å²) >= 11 is 1.43. The number of benzene rings is 1. The molecule has 1 N–H and O–H groups in total. The summed E-state index contributed by atoms with van der Waals surface area (Å²) < 4.78 is 24.6. The molecule has 1 aromatic carbocycles. The van der Waals surface area contributed by atoms with Crippen LogP contribution in [0.4, 0.5) is 11.4 Å². The number of nitrogens with zero attached hydrogens (tertiary/aromatic N) is 2. The summed E-state index contributed by atoms with van der Waals surface area (Å²) in [6.45, 7) is 1.38. The fourth-order valence-electron chi connectivity index (χ4n) is 3.92. The molecular formula is C20H23N3O4S2. The van der Waals surface area contributed by atoms with Crippen molar-refractivity contribution in [2.45, 2.75) is 19.3 Å². The van der Waals surface area contributed by atoms with E-state index in [1.165, 1.54) is 21.9 Å². The number of hydrogen-bond acceptors (Lipinski definition) is 5. The van der Waals surface area contributed by atoms with Crippen molar-refractivity contribution in [1.29, 1.82) is 0 Å². The van der Waals surface area contributed by atoms with Crippen molar-refractivity contribution in [2.24, 2.45) is 5.92 Å². The highest BCUT2D eigenvalue weighted by molar-refractivity contribution is 7.88. The van der Waals surface area contributed by atoms with Crippen LogP contribution < -0.4 is 10.2 Å². The fourth-order valence-corrected chi connectivity index (χ4v) is 5.46. The van der Waals surface area contributed by atoms with Crippen molar-refractivity contribution in [3.8, 4) is 0 Å². The van der Waals surface area contributed by atoms with Gasteiger partial charge >= 0.3 is 0 Å². The van der Waals surface area contributed by atoms with Gasteiger partial charge in [-0.25, -0.2) is 12.7 Å². The van der Waals surface area contributed by atoms with E-state index < -0.39 is 10.0 Å². The van der Waals surface area contributed by atoms with Gasteiger partial charge in [-0.15, -0.1) is 11.3 Å². The number of amides is 2. The van der Waals surface area contributed by atoms with Gasteiger partial charge in [0, 0.05) is 36.9 Å². The normalized spacial score (nSPS) is 17.9. The van der Waals surface area contributed by atoms with Crippen molar-refractivity contribution in [3.63, 3.8) is 0 Å². The first-order valence-electron chi connectivity index (χ1n) is 9.57. The maximum atomic E-state index is 12.7. The van der Waals surface area contributed by atoms with Crippen LogP contribution in [-0.4, -0.2) is 50.4 Å². The molecule has 9 heteroatoms. The summed E-state index contributed by atoms with van der Waals surface area (Å²) in [5.74, 6) is -0.269. The van der Waals surface area contributed by atoms with Gasteiger partial charge in [-0.3, -0.25) is 9.59 Å². The molecule has 7 nitrogen and oxygen atoms in total. The average Bonchev–Trinajstić information content (AvgIpc) is 3.36. The van der Waals surface area contributed by atoms with Gasteiger partial charge in [-0.2, -0.15) is 0 Å². The number of fused-ring (bicyclic) bond motifs is 1. The standard InChI is InChI=1S/C20H23N3O4S2/c1-29(26,27)22-9-6-14(7-10-22)19(24)21-16-4-5-17-15(13-16)8-11-23(17)20(25)18-3-2-12-28-18/h2-5,12-14H,6-11H2,1H3,(H,21,24). The Bertz CT molecular complexity index is 1030. The third-order valence-corrected chi connectivity index (χ3v) is 7.67. The van der Waals surface area contributed by atoms with E-state index in [1.807, 2.05) is 35.7 Å². The molecule has 0 bridgehead atoms. The van der Waals surface area contributed by atoms with E-state index in [9.17, 15) is 18.0 Å². The zero-order chi connectivity index (χ0) is 20.6. The van der Waals surface area contributed by atoms with E-state index in [-0.39, 0.29) is 17.7 Å². The molecule has 2 aliphatic rings. The van der Waals surface area contributed by atoms with Crippen LogP contribution in [0, 0.1) is 5.92 Å². The maximum Gasteiger partial charge on any atom is 0.268 e. The van der Waals surface area contributed by atoms with Crippen LogP contribution in [-0.2, 0) is 21.2 Å². The molecule has 1 saturated heterocycles. The van der Waals surface area contributed by atoms with Crippen LogP contribution >= 0.6 is 11.3 Å². The summed E-state index contributed by atoms with van der Waals surface area (Å²) in [5.41, 5.74) is 2.65. The highest BCUT2D eigenvalue weighted by Crippen LogP contribution is 2.32. The Morgan fingerprint density at radius 1 is 1.14 bits per heavy atom. The molecule has 2 amide bonds. The number of hydrogen-bond donors (Lipinski definition) is 1. The van der Waals surface area contributed by atoms with Crippen LogP contribution in [0.2, 0.25) is 0 Å². The van der Waals surface area contributed by atoms with Gasteiger partial charge in [0.25, 0.3) is 5.91 Å². The van der Waals surface area contributed by atoms with Crippen LogP contribution in [0.25, 0.3) is 0 Å². The molecule has 0 spiro atoms. The van der Waals surface area contributed by atoms with Gasteiger partial charge in [0.15, 0.2) is 0 Å². The van der Waals surface area contributed by atoms with E-state index in [0.717, 1.165) is 22.5 Å². The molecular weight excluding hydrogens is 410 g/mol. The van der Waals surface area contributed by atoms with E-state index in [1.54, 1.807) is 4.90 Å². The molecule has 0 radical (unpaired) electrons. The largest absolute Gasteiger partial charge is 0.326 e. The molecule has 1 fully saturated rings. The zero-order valence-electron chi connectivity index (χ0n) is 16.1. The number of thiophene rings is 1. The predicted octanol–water partition coefficient (Wildman–Crippen LogP) is 2.56. The van der Waals surface area contributed by atoms with Crippen molar-refractivity contribution in [2.75, 3.05) is 36.1 Å². The second-order valence-electron chi connectivity index (χ2n) is 7.45. The number of sulfonamides is 1. The maximum absolute atomic E-state index is 12.7. The van der Waals surface area contributed by atoms with Gasteiger partial charge in [-0.1, -0.05) is 6.07 Å². The van der Waals surface area contributed by atoms with Crippen LogP contribution in [0.3, 0.4) is 0 Å². The second-order valence-corrected chi connectivity index (χ2v) is 10.4. The number of carbonyl (C=O) groups excluding carboxylic acids is 2. The Balaban J connectivity index is 1.40. The van der Waals surface area contributed by atoms with Crippen molar-refractivity contribution >= 4 is 44.5 Å². The fraction of sp³-hybridized carbons (Fsp3) is 0.400. The predicted molar refractivity (Wildman–Crippen MR) is 114 cm³/mol. The lowest BCUT2D eigenvalue weighted by molar-refractivity contribution is -0.120. The molecule has 0 unspecified atom stereocenters. The minimum absolute atomic E-state index is 0.00757.